The van der Waals surface area contributed by atoms with Gasteiger partial charge in [-0.2, -0.15) is 0 Å². The molecule has 10 saturated heterocycles. The third-order valence-corrected chi connectivity index (χ3v) is 68.4. The van der Waals surface area contributed by atoms with Crippen LogP contribution in [-0.2, 0) is 16.0 Å². The van der Waals surface area contributed by atoms with Gasteiger partial charge in [-0.25, -0.2) is 0 Å². The van der Waals surface area contributed by atoms with Gasteiger partial charge in [0.2, 0.25) is 0 Å². The molecule has 1 spiro atoms. The van der Waals surface area contributed by atoms with E-state index in [-0.39, 0.29) is 20.0 Å². The summed E-state index contributed by atoms with van der Waals surface area (Å²) in [5.41, 5.74) is 0. The first kappa shape index (κ1) is 14.1. The first-order chi connectivity index (χ1) is 14.4. The molecule has 5 unspecified atom stereocenters. The van der Waals surface area contributed by atoms with Gasteiger partial charge in [-0.1, -0.05) is 0 Å². The van der Waals surface area contributed by atoms with Gasteiger partial charge < -0.3 is 0 Å². The van der Waals surface area contributed by atoms with Crippen molar-refractivity contribution in [2.75, 3.05) is 0 Å². The van der Waals surface area contributed by atoms with Crippen molar-refractivity contribution in [1.82, 2.24) is 0 Å². The first-order valence-corrected chi connectivity index (χ1v) is 19.2. The Morgan fingerprint density at radius 2 is 1.37 bits per heavy atom. The summed E-state index contributed by atoms with van der Waals surface area (Å²) in [6.45, 7) is 0.247. The molecule has 10 fully saturated rings. The van der Waals surface area contributed by atoms with Gasteiger partial charge in [0.1, 0.15) is 0 Å². The van der Waals surface area contributed by atoms with E-state index in [1.165, 1.54) is 28.9 Å². The second kappa shape index (κ2) is 1.79. The third-order valence-electron chi connectivity index (χ3n) is 18.2. The molecule has 0 amide bonds. The molecule has 0 bridgehead atoms. The predicted octanol–water partition coefficient (Wildman–Crippen LogP) is 5.74. The molecule has 0 saturated carbocycles. The summed E-state index contributed by atoms with van der Waals surface area (Å²) in [6, 6.07) is 23.2. The molecule has 0 radical (unpaired) electrons. The van der Waals surface area contributed by atoms with E-state index < -0.39 is 6.51 Å². The molecule has 2 aromatic rings. The van der Waals surface area contributed by atoms with Gasteiger partial charge in [0.15, 0.2) is 0 Å². The van der Waals surface area contributed by atoms with Crippen LogP contribution in [0, 0.1) is 0 Å². The maximum atomic E-state index is 12.2. The molecular weight excluding hydrogens is 431 g/mol. The molecule has 0 aliphatic carbocycles. The molecule has 154 valence electrons. The van der Waals surface area contributed by atoms with Crippen LogP contribution >= 0.6 is 7.92 Å². The van der Waals surface area contributed by atoms with E-state index in [4.69, 9.17) is 4.74 Å². The molecule has 10 aliphatic heterocycles. The minimum absolute atomic E-state index is 0.0441. The maximum absolute atomic E-state index is 12.2. The number of carbonyl (C=O) groups excluding carboxylic acids is 1. The van der Waals surface area contributed by atoms with Crippen molar-refractivity contribution < 1.29 is 16.0 Å². The first-order valence-electron chi connectivity index (χ1n) is 11.6. The van der Waals surface area contributed by atoms with Crippen LogP contribution in [0.1, 0.15) is 13.8 Å². The molecule has 12 rings (SSSR count). The predicted molar refractivity (Wildman–Crippen MR) is 116 cm³/mol. The molecule has 0 N–H and O–H groups in total. The minimum atomic E-state index is -3.74. The van der Waals surface area contributed by atoms with Crippen molar-refractivity contribution >= 4 is 24.5 Å². The van der Waals surface area contributed by atoms with E-state index in [1.54, 1.807) is 17.5 Å². The summed E-state index contributed by atoms with van der Waals surface area (Å²) in [6.07, 6.45) is 0.177. The Morgan fingerprint density at radius 3 is 1.77 bits per heavy atom. The monoisotopic (exact) mass is 456 g/mol. The van der Waals surface area contributed by atoms with Crippen molar-refractivity contribution in [1.29, 1.82) is 0 Å². The van der Waals surface area contributed by atoms with Gasteiger partial charge in [-0.3, -0.25) is 0 Å². The second-order valence-corrected chi connectivity index (χ2v) is 40.1. The fraction of sp³-hybridized carbons (Fsp3) is 0.500. The summed E-state index contributed by atoms with van der Waals surface area (Å²) in [5.74, 6) is -0.0441. The number of carbonyl (C=O) groups is 1. The summed E-state index contributed by atoms with van der Waals surface area (Å²) >= 11 is 0. The number of rotatable bonds is 5. The zero-order chi connectivity index (χ0) is 19.6. The molecule has 0 aromatic heterocycles. The van der Waals surface area contributed by atoms with Gasteiger partial charge in [0.05, 0.1) is 0 Å². The van der Waals surface area contributed by atoms with E-state index in [2.05, 4.69) is 67.6 Å². The number of esters is 1. The van der Waals surface area contributed by atoms with Gasteiger partial charge in [0, 0.05) is 0 Å². The van der Waals surface area contributed by atoms with Crippen molar-refractivity contribution in [3.8, 4) is 0 Å². The van der Waals surface area contributed by atoms with Crippen LogP contribution in [-0.4, -0.2) is 16.1 Å². The molecule has 10 aliphatic rings. The SMILES string of the molecule is CC(=O)OC(C)[C@]12[CH]3[CH]4[CH]5[C]1(P(c1ccccc1)c1ccccc1)[Fe]45321678[CH]2[CH]1[CH]6[CH]7[CH]28. The van der Waals surface area contributed by atoms with E-state index in [1.807, 2.05) is 0 Å². The van der Waals surface area contributed by atoms with Crippen LogP contribution in [0.2, 0.25) is 42.8 Å². The van der Waals surface area contributed by atoms with Gasteiger partial charge in [-0.05, 0) is 0 Å². The Labute approximate surface area is 167 Å². The van der Waals surface area contributed by atoms with Crippen LogP contribution in [0.15, 0.2) is 60.7 Å². The molecular formula is C26H25FeO2P. The average molecular weight is 456 g/mol. The fourth-order valence-corrected chi connectivity index (χ4v) is 112. The van der Waals surface area contributed by atoms with Crippen LogP contribution in [0.25, 0.3) is 0 Å². The van der Waals surface area contributed by atoms with Gasteiger partial charge in [0.25, 0.3) is 0 Å². The average Bonchev–Trinajstić information content (AvgIpc) is 3.69. The zero-order valence-corrected chi connectivity index (χ0v) is 19.1. The fourth-order valence-electron chi connectivity index (χ4n) is 20.4. The molecule has 30 heavy (non-hydrogen) atoms. The second-order valence-electron chi connectivity index (χ2n) is 14.0. The molecule has 4 heteroatoms. The normalized spacial score (nSPS) is 76.0. The number of hydrogen-bond acceptors (Lipinski definition) is 2. The third kappa shape index (κ3) is 0.254. The van der Waals surface area contributed by atoms with Crippen molar-refractivity contribution in [2.24, 2.45) is 0 Å². The van der Waals surface area contributed by atoms with Crippen molar-refractivity contribution in [2.45, 2.75) is 66.8 Å². The summed E-state index contributed by atoms with van der Waals surface area (Å²) < 4.78 is 7.33. The van der Waals surface area contributed by atoms with E-state index in [0.717, 1.165) is 9.63 Å². The quantitative estimate of drug-likeness (QED) is 0.326. The topological polar surface area (TPSA) is 26.3 Å². The van der Waals surface area contributed by atoms with Crippen molar-refractivity contribution in [3.05, 3.63) is 60.7 Å². The Morgan fingerprint density at radius 1 is 0.867 bits per heavy atom. The summed E-state index contributed by atoms with van der Waals surface area (Å²) in [7, 11) is -0.366. The van der Waals surface area contributed by atoms with E-state index in [9.17, 15) is 4.79 Å². The van der Waals surface area contributed by atoms with Gasteiger partial charge in [-0.15, -0.1) is 0 Å². The molecule has 10 heterocycles. The van der Waals surface area contributed by atoms with Crippen LogP contribution in [0.3, 0.4) is 0 Å². The molecule has 2 nitrogen and oxygen atoms in total. The molecule has 2 aromatic carbocycles. The Balaban J connectivity index is 1.25. The summed E-state index contributed by atoms with van der Waals surface area (Å²) in [4.78, 5) is 21.6. The number of ether oxygens (including phenoxy) is 1. The summed E-state index contributed by atoms with van der Waals surface area (Å²) in [5, 5.41) is 3.22. The number of fused-ring (bicyclic) bond motifs is 10. The number of hydrogen-bond donors (Lipinski definition) is 0. The Bertz CT molecular complexity index is 1610. The van der Waals surface area contributed by atoms with E-state index >= 15 is 0 Å². The standard InChI is InChI=1S/C21H20O2P.C5H5.Fe/c1-16(23-17(2)22)20-14-9-15-21(20)24(18-10-5-3-6-11-18)19-12-7-4-8-13-19;1-2-4-5-3-1;/h3-16H,1-2H3;1-5H;. The zero-order valence-electron chi connectivity index (χ0n) is 17.1. The van der Waals surface area contributed by atoms with E-state index in [0.29, 0.717) is 8.37 Å². The van der Waals surface area contributed by atoms with Gasteiger partial charge >= 0.3 is 168 Å². The van der Waals surface area contributed by atoms with Crippen LogP contribution in [0.4, 0.5) is 0 Å². The van der Waals surface area contributed by atoms with Crippen LogP contribution < -0.4 is 10.6 Å². The Kier molecular flexibility index (Phi) is 0.843. The van der Waals surface area contributed by atoms with Crippen molar-refractivity contribution in [3.63, 3.8) is 0 Å². The number of benzene rings is 2. The Hall–Kier alpha value is -1.14. The van der Waals surface area contributed by atoms with Crippen LogP contribution in [0.5, 0.6) is 0 Å². The molecule has 6 atom stereocenters.